The van der Waals surface area contributed by atoms with Crippen molar-refractivity contribution in [1.29, 1.82) is 0 Å². The molecule has 0 aliphatic carbocycles. The van der Waals surface area contributed by atoms with Gasteiger partial charge in [-0.25, -0.2) is 0 Å². The zero-order valence-corrected chi connectivity index (χ0v) is 10.1. The van der Waals surface area contributed by atoms with E-state index in [1.165, 1.54) is 6.92 Å². The van der Waals surface area contributed by atoms with Crippen LogP contribution in [0.5, 0.6) is 11.5 Å². The Kier molecular flexibility index (Phi) is 2.79. The van der Waals surface area contributed by atoms with Crippen molar-refractivity contribution in [2.24, 2.45) is 0 Å². The first-order valence-electron chi connectivity index (χ1n) is 5.72. The number of para-hydroxylation sites is 2. The largest absolute Gasteiger partial charge is 0.485 e. The second-order valence-electron chi connectivity index (χ2n) is 3.99. The third-order valence-corrected chi connectivity index (χ3v) is 2.51. The lowest BCUT2D eigenvalue weighted by atomic mass is 10.2. The lowest BCUT2D eigenvalue weighted by molar-refractivity contribution is -0.114. The molecule has 3 rings (SSSR count). The number of fused-ring (bicyclic) bond motifs is 1. The molecule has 1 unspecified atom stereocenters. The SMILES string of the molecule is CC(=O)Nc1nnc(C2COc3ccccc3O2)o1. The molecule has 0 saturated carbocycles. The van der Waals surface area contributed by atoms with Crippen LogP contribution in [0.2, 0.25) is 0 Å². The average molecular weight is 261 g/mol. The second kappa shape index (κ2) is 4.60. The van der Waals surface area contributed by atoms with E-state index in [1.54, 1.807) is 6.07 Å². The molecule has 7 nitrogen and oxygen atoms in total. The normalized spacial score (nSPS) is 17.0. The number of carbonyl (C=O) groups is 1. The molecule has 2 aromatic rings. The van der Waals surface area contributed by atoms with Crippen LogP contribution in [-0.4, -0.2) is 22.7 Å². The smallest absolute Gasteiger partial charge is 0.322 e. The summed E-state index contributed by atoms with van der Waals surface area (Å²) in [4.78, 5) is 10.9. The summed E-state index contributed by atoms with van der Waals surface area (Å²) in [5.41, 5.74) is 0. The molecule has 2 heterocycles. The van der Waals surface area contributed by atoms with Crippen molar-refractivity contribution >= 4 is 11.9 Å². The molecule has 0 radical (unpaired) electrons. The molecule has 1 amide bonds. The number of anilines is 1. The molecule has 0 fully saturated rings. The van der Waals surface area contributed by atoms with E-state index in [1.807, 2.05) is 18.2 Å². The van der Waals surface area contributed by atoms with E-state index in [0.717, 1.165) is 0 Å². The van der Waals surface area contributed by atoms with Crippen LogP contribution in [0.4, 0.5) is 6.01 Å². The van der Waals surface area contributed by atoms with Crippen LogP contribution in [0.3, 0.4) is 0 Å². The minimum Gasteiger partial charge on any atom is -0.485 e. The molecular weight excluding hydrogens is 250 g/mol. The Bertz CT molecular complexity index is 611. The number of hydrogen-bond acceptors (Lipinski definition) is 6. The molecule has 98 valence electrons. The summed E-state index contributed by atoms with van der Waals surface area (Å²) < 4.78 is 16.5. The Morgan fingerprint density at radius 1 is 1.32 bits per heavy atom. The molecule has 1 N–H and O–H groups in total. The highest BCUT2D eigenvalue weighted by Gasteiger charge is 2.27. The Balaban J connectivity index is 1.77. The molecule has 1 atom stereocenters. The van der Waals surface area contributed by atoms with Gasteiger partial charge < -0.3 is 13.9 Å². The molecular formula is C12H11N3O4. The molecule has 0 bridgehead atoms. The molecule has 0 saturated heterocycles. The lowest BCUT2D eigenvalue weighted by Crippen LogP contribution is -2.21. The van der Waals surface area contributed by atoms with Crippen LogP contribution in [0.25, 0.3) is 0 Å². The number of aromatic nitrogens is 2. The third-order valence-electron chi connectivity index (χ3n) is 2.51. The highest BCUT2D eigenvalue weighted by molar-refractivity contribution is 5.86. The van der Waals surface area contributed by atoms with Crippen LogP contribution < -0.4 is 14.8 Å². The molecule has 19 heavy (non-hydrogen) atoms. The van der Waals surface area contributed by atoms with Crippen LogP contribution in [0.15, 0.2) is 28.7 Å². The van der Waals surface area contributed by atoms with Crippen LogP contribution in [0.1, 0.15) is 18.9 Å². The molecule has 1 aliphatic heterocycles. The van der Waals surface area contributed by atoms with E-state index in [-0.39, 0.29) is 24.4 Å². The van der Waals surface area contributed by atoms with Gasteiger partial charge in [-0.05, 0) is 12.1 Å². The summed E-state index contributed by atoms with van der Waals surface area (Å²) in [6.45, 7) is 1.64. The van der Waals surface area contributed by atoms with Gasteiger partial charge in [-0.2, -0.15) is 0 Å². The maximum absolute atomic E-state index is 10.9. The van der Waals surface area contributed by atoms with Crippen LogP contribution in [-0.2, 0) is 4.79 Å². The summed E-state index contributed by atoms with van der Waals surface area (Å²) in [5, 5.41) is 9.94. The number of hydrogen-bond donors (Lipinski definition) is 1. The number of benzene rings is 1. The van der Waals surface area contributed by atoms with Gasteiger partial charge in [0, 0.05) is 6.92 Å². The van der Waals surface area contributed by atoms with Crippen LogP contribution >= 0.6 is 0 Å². The average Bonchev–Trinajstić information content (AvgIpc) is 2.86. The van der Waals surface area contributed by atoms with Crippen molar-refractivity contribution in [1.82, 2.24) is 10.2 Å². The third kappa shape index (κ3) is 2.35. The van der Waals surface area contributed by atoms with Gasteiger partial charge in [-0.3, -0.25) is 10.1 Å². The van der Waals surface area contributed by atoms with Crippen molar-refractivity contribution in [2.75, 3.05) is 11.9 Å². The van der Waals surface area contributed by atoms with E-state index in [2.05, 4.69) is 15.5 Å². The predicted molar refractivity (Wildman–Crippen MR) is 63.9 cm³/mol. The van der Waals surface area contributed by atoms with Gasteiger partial charge in [0.05, 0.1) is 0 Å². The van der Waals surface area contributed by atoms with E-state index in [0.29, 0.717) is 11.5 Å². The van der Waals surface area contributed by atoms with Gasteiger partial charge in [0.1, 0.15) is 6.61 Å². The number of carbonyl (C=O) groups excluding carboxylic acids is 1. The Labute approximate surface area is 108 Å². The van der Waals surface area contributed by atoms with Gasteiger partial charge in [-0.15, -0.1) is 5.10 Å². The topological polar surface area (TPSA) is 86.5 Å². The monoisotopic (exact) mass is 261 g/mol. The summed E-state index contributed by atoms with van der Waals surface area (Å²) >= 11 is 0. The van der Waals surface area contributed by atoms with Crippen LogP contribution in [0, 0.1) is 0 Å². The van der Waals surface area contributed by atoms with Crippen molar-refractivity contribution < 1.29 is 18.7 Å². The maximum Gasteiger partial charge on any atom is 0.322 e. The highest BCUT2D eigenvalue weighted by atomic mass is 16.6. The Morgan fingerprint density at radius 2 is 2.11 bits per heavy atom. The van der Waals surface area contributed by atoms with Crippen molar-refractivity contribution in [2.45, 2.75) is 13.0 Å². The fourth-order valence-electron chi connectivity index (χ4n) is 1.71. The van der Waals surface area contributed by atoms with Gasteiger partial charge in [0.2, 0.25) is 12.0 Å². The van der Waals surface area contributed by atoms with Crippen molar-refractivity contribution in [3.05, 3.63) is 30.2 Å². The Hall–Kier alpha value is -2.57. The minimum absolute atomic E-state index is 0.0463. The molecule has 1 aliphatic rings. The predicted octanol–water partition coefficient (Wildman–Crippen LogP) is 1.54. The van der Waals surface area contributed by atoms with Gasteiger partial charge in [0.15, 0.2) is 11.5 Å². The Morgan fingerprint density at radius 3 is 2.89 bits per heavy atom. The number of rotatable bonds is 2. The first kappa shape index (κ1) is 11.5. The quantitative estimate of drug-likeness (QED) is 0.882. The maximum atomic E-state index is 10.9. The second-order valence-corrected chi connectivity index (χ2v) is 3.99. The number of nitrogens with one attached hydrogen (secondary N) is 1. The molecule has 0 spiro atoms. The standard InChI is InChI=1S/C12H11N3O4/c1-7(16)13-12-15-14-11(19-12)10-6-17-8-4-2-3-5-9(8)18-10/h2-5,10H,6H2,1H3,(H,13,15,16). The summed E-state index contributed by atoms with van der Waals surface area (Å²) in [6.07, 6.45) is -0.482. The zero-order chi connectivity index (χ0) is 13.2. The van der Waals surface area contributed by atoms with Gasteiger partial charge >= 0.3 is 6.01 Å². The number of nitrogens with zero attached hydrogens (tertiary/aromatic N) is 2. The van der Waals surface area contributed by atoms with Gasteiger partial charge in [0.25, 0.3) is 5.89 Å². The lowest BCUT2D eigenvalue weighted by Gasteiger charge is -2.23. The van der Waals surface area contributed by atoms with Crippen molar-refractivity contribution in [3.8, 4) is 11.5 Å². The first-order chi connectivity index (χ1) is 9.22. The first-order valence-corrected chi connectivity index (χ1v) is 5.72. The zero-order valence-electron chi connectivity index (χ0n) is 10.1. The minimum atomic E-state index is -0.482. The van der Waals surface area contributed by atoms with E-state index in [9.17, 15) is 4.79 Å². The number of ether oxygens (including phenoxy) is 2. The van der Waals surface area contributed by atoms with E-state index < -0.39 is 6.10 Å². The fourth-order valence-corrected chi connectivity index (χ4v) is 1.71. The summed E-state index contributed by atoms with van der Waals surface area (Å²) in [5.74, 6) is 1.29. The molecule has 1 aromatic heterocycles. The van der Waals surface area contributed by atoms with E-state index in [4.69, 9.17) is 13.9 Å². The highest BCUT2D eigenvalue weighted by Crippen LogP contribution is 2.35. The fraction of sp³-hybridized carbons (Fsp3) is 0.250. The van der Waals surface area contributed by atoms with Gasteiger partial charge in [-0.1, -0.05) is 17.2 Å². The molecule has 7 heteroatoms. The molecule has 1 aromatic carbocycles. The van der Waals surface area contributed by atoms with Crippen molar-refractivity contribution in [3.63, 3.8) is 0 Å². The summed E-state index contributed by atoms with van der Waals surface area (Å²) in [7, 11) is 0. The number of amides is 1. The van der Waals surface area contributed by atoms with E-state index >= 15 is 0 Å². The summed E-state index contributed by atoms with van der Waals surface area (Å²) in [6, 6.07) is 7.38.